The summed E-state index contributed by atoms with van der Waals surface area (Å²) in [6.07, 6.45) is 0.631. The van der Waals surface area contributed by atoms with Crippen molar-refractivity contribution in [2.45, 2.75) is 12.0 Å². The third-order valence-corrected chi connectivity index (χ3v) is 3.49. The Bertz CT molecular complexity index is 554. The first-order valence-corrected chi connectivity index (χ1v) is 6.36. The van der Waals surface area contributed by atoms with E-state index < -0.39 is 16.4 Å². The van der Waals surface area contributed by atoms with Gasteiger partial charge in [-0.05, 0) is 12.1 Å². The third-order valence-electron chi connectivity index (χ3n) is 3.49. The van der Waals surface area contributed by atoms with E-state index in [1.54, 1.807) is 0 Å². The Hall–Kier alpha value is -2.19. The highest BCUT2D eigenvalue weighted by Crippen LogP contribution is 2.24. The number of rotatable bonds is 5. The quantitative estimate of drug-likeness (QED) is 0.615. The van der Waals surface area contributed by atoms with E-state index in [4.69, 9.17) is 9.47 Å². The van der Waals surface area contributed by atoms with Gasteiger partial charge in [-0.2, -0.15) is 0 Å². The Balaban J connectivity index is 2.13. The summed E-state index contributed by atoms with van der Waals surface area (Å²) in [6, 6.07) is 3.32. The van der Waals surface area contributed by atoms with Crippen molar-refractivity contribution >= 4 is 11.6 Å². The highest BCUT2D eigenvalue weighted by molar-refractivity contribution is 5.98. The van der Waals surface area contributed by atoms with Crippen molar-refractivity contribution < 1.29 is 24.3 Å². The zero-order valence-corrected chi connectivity index (χ0v) is 11.5. The van der Waals surface area contributed by atoms with Gasteiger partial charge in [0.05, 0.1) is 11.5 Å². The van der Waals surface area contributed by atoms with Crippen LogP contribution in [0.25, 0.3) is 0 Å². The number of phenolic OH excluding ortho intramolecular Hbond substituents is 1. The van der Waals surface area contributed by atoms with E-state index in [9.17, 15) is 20.0 Å². The molecule has 1 aliphatic rings. The van der Waals surface area contributed by atoms with Gasteiger partial charge in [-0.15, -0.1) is 0 Å². The Labute approximate surface area is 120 Å². The van der Waals surface area contributed by atoms with Crippen LogP contribution < -0.4 is 5.32 Å². The molecular weight excluding hydrogens is 280 g/mol. The van der Waals surface area contributed by atoms with E-state index >= 15 is 0 Å². The van der Waals surface area contributed by atoms with Crippen LogP contribution in [-0.2, 0) is 9.47 Å². The summed E-state index contributed by atoms with van der Waals surface area (Å²) in [5.41, 5.74) is -1.16. The molecule has 0 radical (unpaired) electrons. The zero-order valence-electron chi connectivity index (χ0n) is 11.5. The first-order chi connectivity index (χ1) is 9.97. The average Bonchev–Trinajstić information content (AvgIpc) is 2.94. The van der Waals surface area contributed by atoms with Crippen LogP contribution in [0.5, 0.6) is 5.75 Å². The second-order valence-electron chi connectivity index (χ2n) is 4.83. The van der Waals surface area contributed by atoms with Gasteiger partial charge in [0.1, 0.15) is 16.9 Å². The number of amides is 1. The molecule has 1 fully saturated rings. The van der Waals surface area contributed by atoms with E-state index in [-0.39, 0.29) is 23.5 Å². The number of carbonyl (C=O) groups is 1. The molecule has 1 unspecified atom stereocenters. The molecule has 1 heterocycles. The number of hydrogen-bond donors (Lipinski definition) is 2. The van der Waals surface area contributed by atoms with Crippen molar-refractivity contribution in [1.82, 2.24) is 5.32 Å². The minimum atomic E-state index is -0.668. The normalized spacial score (nSPS) is 21.2. The van der Waals surface area contributed by atoms with Gasteiger partial charge in [0.2, 0.25) is 0 Å². The van der Waals surface area contributed by atoms with E-state index in [2.05, 4.69) is 5.32 Å². The fraction of sp³-hybridized carbons (Fsp3) is 0.462. The maximum atomic E-state index is 12.1. The predicted molar refractivity (Wildman–Crippen MR) is 72.3 cm³/mol. The largest absolute Gasteiger partial charge is 0.508 e. The number of carbonyl (C=O) groups excluding carboxylic acids is 1. The summed E-state index contributed by atoms with van der Waals surface area (Å²) in [5, 5.41) is 22.9. The fourth-order valence-corrected chi connectivity index (χ4v) is 2.16. The highest BCUT2D eigenvalue weighted by Gasteiger charge is 2.35. The van der Waals surface area contributed by atoms with Crippen LogP contribution in [0.2, 0.25) is 0 Å². The number of nitrogens with one attached hydrogen (secondary N) is 1. The van der Waals surface area contributed by atoms with E-state index in [1.165, 1.54) is 7.11 Å². The maximum Gasteiger partial charge on any atom is 0.282 e. The molecule has 1 aromatic carbocycles. The van der Waals surface area contributed by atoms with Crippen LogP contribution in [0.15, 0.2) is 18.2 Å². The number of aromatic hydroxyl groups is 1. The monoisotopic (exact) mass is 296 g/mol. The summed E-state index contributed by atoms with van der Waals surface area (Å²) in [4.78, 5) is 22.4. The fourth-order valence-electron chi connectivity index (χ4n) is 2.16. The summed E-state index contributed by atoms with van der Waals surface area (Å²) >= 11 is 0. The molecular formula is C13H16N2O6. The van der Waals surface area contributed by atoms with Crippen molar-refractivity contribution in [3.8, 4) is 5.75 Å². The summed E-state index contributed by atoms with van der Waals surface area (Å²) in [6.45, 7) is 1.07. The summed E-state index contributed by atoms with van der Waals surface area (Å²) in [5.74, 6) is -0.850. The molecule has 114 valence electrons. The number of ether oxygens (including phenoxy) is 2. The Morgan fingerprint density at radius 1 is 1.62 bits per heavy atom. The van der Waals surface area contributed by atoms with Gasteiger partial charge in [0.25, 0.3) is 11.6 Å². The van der Waals surface area contributed by atoms with Crippen LogP contribution >= 0.6 is 0 Å². The lowest BCUT2D eigenvalue weighted by Crippen LogP contribution is -2.45. The van der Waals surface area contributed by atoms with Gasteiger partial charge in [-0.25, -0.2) is 0 Å². The van der Waals surface area contributed by atoms with E-state index in [0.717, 1.165) is 18.2 Å². The van der Waals surface area contributed by atoms with Crippen molar-refractivity contribution in [3.63, 3.8) is 0 Å². The molecule has 1 aliphatic heterocycles. The van der Waals surface area contributed by atoms with Gasteiger partial charge in [0.15, 0.2) is 0 Å². The number of benzene rings is 1. The van der Waals surface area contributed by atoms with Crippen molar-refractivity contribution in [2.24, 2.45) is 0 Å². The summed E-state index contributed by atoms with van der Waals surface area (Å²) in [7, 11) is 1.53. The maximum absolute atomic E-state index is 12.1. The van der Waals surface area contributed by atoms with Crippen LogP contribution in [0.3, 0.4) is 0 Å². The van der Waals surface area contributed by atoms with Gasteiger partial charge in [-0.3, -0.25) is 14.9 Å². The topological polar surface area (TPSA) is 111 Å². The molecule has 21 heavy (non-hydrogen) atoms. The first-order valence-electron chi connectivity index (χ1n) is 6.36. The predicted octanol–water partition coefficient (Wildman–Crippen LogP) is 0.836. The molecule has 1 atom stereocenters. The molecule has 1 aromatic rings. The molecule has 1 amide bonds. The van der Waals surface area contributed by atoms with Gasteiger partial charge in [-0.1, -0.05) is 0 Å². The lowest BCUT2D eigenvalue weighted by Gasteiger charge is -2.25. The van der Waals surface area contributed by atoms with E-state index in [0.29, 0.717) is 19.6 Å². The zero-order chi connectivity index (χ0) is 15.5. The van der Waals surface area contributed by atoms with Gasteiger partial charge >= 0.3 is 0 Å². The molecule has 1 saturated heterocycles. The third kappa shape index (κ3) is 3.29. The summed E-state index contributed by atoms with van der Waals surface area (Å²) < 4.78 is 10.6. The standard InChI is InChI=1S/C13H16N2O6/c1-20-13(4-5-21-8-13)7-14-12(17)10-6-9(16)2-3-11(10)15(18)19/h2-3,6,16H,4-5,7-8H2,1H3,(H,14,17). The minimum Gasteiger partial charge on any atom is -0.508 e. The Morgan fingerprint density at radius 3 is 2.95 bits per heavy atom. The van der Waals surface area contributed by atoms with Crippen LogP contribution in [-0.4, -0.2) is 48.4 Å². The molecule has 0 aliphatic carbocycles. The Kier molecular flexibility index (Phi) is 4.39. The number of methoxy groups -OCH3 is 1. The Morgan fingerprint density at radius 2 is 2.38 bits per heavy atom. The second kappa shape index (κ2) is 6.06. The molecule has 0 bridgehead atoms. The lowest BCUT2D eigenvalue weighted by molar-refractivity contribution is -0.385. The van der Waals surface area contributed by atoms with Gasteiger partial charge in [0, 0.05) is 32.7 Å². The molecule has 0 saturated carbocycles. The minimum absolute atomic E-state index is 0.176. The SMILES string of the molecule is COC1(CNC(=O)c2cc(O)ccc2[N+](=O)[O-])CCOC1. The second-order valence-corrected chi connectivity index (χ2v) is 4.83. The number of nitro benzene ring substituents is 1. The molecule has 2 N–H and O–H groups in total. The van der Waals surface area contributed by atoms with E-state index in [1.807, 2.05) is 0 Å². The molecule has 2 rings (SSSR count). The average molecular weight is 296 g/mol. The number of nitro groups is 1. The molecule has 8 nitrogen and oxygen atoms in total. The van der Waals surface area contributed by atoms with Crippen molar-refractivity contribution in [1.29, 1.82) is 0 Å². The highest BCUT2D eigenvalue weighted by atomic mass is 16.6. The van der Waals surface area contributed by atoms with Crippen molar-refractivity contribution in [2.75, 3.05) is 26.9 Å². The number of hydrogen-bond acceptors (Lipinski definition) is 6. The molecule has 8 heteroatoms. The van der Waals surface area contributed by atoms with Crippen LogP contribution in [0.1, 0.15) is 16.8 Å². The lowest BCUT2D eigenvalue weighted by atomic mass is 10.0. The number of nitrogens with zero attached hydrogens (tertiary/aromatic N) is 1. The van der Waals surface area contributed by atoms with Gasteiger partial charge < -0.3 is 19.9 Å². The van der Waals surface area contributed by atoms with Crippen LogP contribution in [0, 0.1) is 10.1 Å². The van der Waals surface area contributed by atoms with Crippen molar-refractivity contribution in [3.05, 3.63) is 33.9 Å². The smallest absolute Gasteiger partial charge is 0.282 e. The first kappa shape index (κ1) is 15.2. The van der Waals surface area contributed by atoms with Crippen LogP contribution in [0.4, 0.5) is 5.69 Å². The molecule has 0 spiro atoms. The molecule has 0 aromatic heterocycles. The number of phenols is 1.